The number of hydrogen-bond donors (Lipinski definition) is 4. The van der Waals surface area contributed by atoms with Gasteiger partial charge in [-0.3, -0.25) is 14.9 Å². The lowest BCUT2D eigenvalue weighted by Crippen LogP contribution is -2.54. The van der Waals surface area contributed by atoms with Crippen LogP contribution in [0.4, 0.5) is 10.2 Å². The summed E-state index contributed by atoms with van der Waals surface area (Å²) in [5.74, 6) is -0.0410. The van der Waals surface area contributed by atoms with E-state index in [1.54, 1.807) is 24.5 Å². The molecule has 1 amide bonds. The van der Waals surface area contributed by atoms with Crippen molar-refractivity contribution < 1.29 is 9.18 Å². The molecule has 3 aromatic rings. The summed E-state index contributed by atoms with van der Waals surface area (Å²) < 4.78 is 13.3. The molecule has 1 aromatic carbocycles. The number of pyridine rings is 1. The minimum atomic E-state index is -0.324. The standard InChI is InChI=1S/C19H19FN6O/c20-14-3-1-13(2-4-14)17-16(12-5-7-21-8-6-12)18(26-25-17)24-19(27)15-11-22-9-10-23-15/h1-8,15,22-23H,9-11H2,(H2,24,25,26,27). The molecule has 1 unspecified atom stereocenters. The van der Waals surface area contributed by atoms with Gasteiger partial charge in [-0.25, -0.2) is 4.39 Å². The number of carbonyl (C=O) groups excluding carboxylic acids is 1. The number of rotatable bonds is 4. The van der Waals surface area contributed by atoms with Crippen LogP contribution in [0.2, 0.25) is 0 Å². The summed E-state index contributed by atoms with van der Waals surface area (Å²) in [6, 6.07) is 9.49. The molecule has 3 heterocycles. The number of anilines is 1. The number of piperazine rings is 1. The van der Waals surface area contributed by atoms with Crippen LogP contribution in [0.15, 0.2) is 48.8 Å². The Kier molecular flexibility index (Phi) is 4.91. The maximum absolute atomic E-state index is 13.3. The number of aromatic nitrogens is 3. The molecular weight excluding hydrogens is 347 g/mol. The van der Waals surface area contributed by atoms with Crippen LogP contribution >= 0.6 is 0 Å². The van der Waals surface area contributed by atoms with E-state index in [2.05, 4.69) is 31.1 Å². The highest BCUT2D eigenvalue weighted by Crippen LogP contribution is 2.35. The van der Waals surface area contributed by atoms with Crippen molar-refractivity contribution in [3.8, 4) is 22.4 Å². The molecule has 138 valence electrons. The SMILES string of the molecule is O=C(Nc1n[nH]c(-c2ccc(F)cc2)c1-c1ccncc1)C1CNCCN1. The van der Waals surface area contributed by atoms with Crippen LogP contribution in [0.25, 0.3) is 22.4 Å². The van der Waals surface area contributed by atoms with Crippen LogP contribution in [-0.2, 0) is 4.79 Å². The second-order valence-electron chi connectivity index (χ2n) is 6.27. The van der Waals surface area contributed by atoms with E-state index >= 15 is 0 Å². The second-order valence-corrected chi connectivity index (χ2v) is 6.27. The number of carbonyl (C=O) groups is 1. The third-order valence-corrected chi connectivity index (χ3v) is 4.47. The normalized spacial score (nSPS) is 16.9. The van der Waals surface area contributed by atoms with Crippen molar-refractivity contribution in [2.45, 2.75) is 6.04 Å². The molecule has 7 nitrogen and oxygen atoms in total. The monoisotopic (exact) mass is 366 g/mol. The van der Waals surface area contributed by atoms with Gasteiger partial charge in [-0.2, -0.15) is 5.10 Å². The molecule has 1 aliphatic heterocycles. The van der Waals surface area contributed by atoms with Crippen LogP contribution < -0.4 is 16.0 Å². The Hall–Kier alpha value is -3.10. The molecule has 0 aliphatic carbocycles. The molecule has 1 aliphatic rings. The van der Waals surface area contributed by atoms with Gasteiger partial charge in [0.2, 0.25) is 5.91 Å². The van der Waals surface area contributed by atoms with E-state index in [0.29, 0.717) is 18.1 Å². The highest BCUT2D eigenvalue weighted by Gasteiger charge is 2.24. The molecule has 1 atom stereocenters. The molecule has 27 heavy (non-hydrogen) atoms. The Morgan fingerprint density at radius 1 is 1.07 bits per heavy atom. The van der Waals surface area contributed by atoms with E-state index in [1.807, 2.05) is 12.1 Å². The van der Waals surface area contributed by atoms with Gasteiger partial charge >= 0.3 is 0 Å². The van der Waals surface area contributed by atoms with Crippen LogP contribution in [0.3, 0.4) is 0 Å². The first-order chi connectivity index (χ1) is 13.2. The van der Waals surface area contributed by atoms with Gasteiger partial charge in [0.15, 0.2) is 5.82 Å². The molecule has 8 heteroatoms. The summed E-state index contributed by atoms with van der Waals surface area (Å²) in [5, 5.41) is 16.5. The Morgan fingerprint density at radius 3 is 2.56 bits per heavy atom. The molecular formula is C19H19FN6O. The van der Waals surface area contributed by atoms with Gasteiger partial charge in [-0.15, -0.1) is 0 Å². The van der Waals surface area contributed by atoms with Gasteiger partial charge in [-0.1, -0.05) is 0 Å². The average Bonchev–Trinajstić information content (AvgIpc) is 3.13. The quantitative estimate of drug-likeness (QED) is 0.565. The number of amides is 1. The lowest BCUT2D eigenvalue weighted by Gasteiger charge is -2.23. The fourth-order valence-electron chi connectivity index (χ4n) is 3.10. The third kappa shape index (κ3) is 3.71. The van der Waals surface area contributed by atoms with Crippen LogP contribution in [0.5, 0.6) is 0 Å². The number of benzene rings is 1. The molecule has 0 saturated carbocycles. The zero-order valence-electron chi connectivity index (χ0n) is 14.5. The fraction of sp³-hybridized carbons (Fsp3) is 0.211. The number of H-pyrrole nitrogens is 1. The Labute approximate surface area is 155 Å². The third-order valence-electron chi connectivity index (χ3n) is 4.47. The van der Waals surface area contributed by atoms with Crippen molar-refractivity contribution in [1.29, 1.82) is 0 Å². The smallest absolute Gasteiger partial charge is 0.244 e. The van der Waals surface area contributed by atoms with E-state index in [-0.39, 0.29) is 17.8 Å². The predicted octanol–water partition coefficient (Wildman–Crippen LogP) is 1.78. The molecule has 1 saturated heterocycles. The molecule has 0 bridgehead atoms. The molecule has 2 aromatic heterocycles. The molecule has 4 N–H and O–H groups in total. The number of nitrogens with zero attached hydrogens (tertiary/aromatic N) is 2. The molecule has 0 spiro atoms. The largest absolute Gasteiger partial charge is 0.313 e. The van der Waals surface area contributed by atoms with E-state index in [4.69, 9.17) is 0 Å². The van der Waals surface area contributed by atoms with Crippen molar-refractivity contribution in [2.24, 2.45) is 0 Å². The fourth-order valence-corrected chi connectivity index (χ4v) is 3.10. The number of nitrogens with one attached hydrogen (secondary N) is 4. The lowest BCUT2D eigenvalue weighted by molar-refractivity contribution is -0.118. The van der Waals surface area contributed by atoms with E-state index in [9.17, 15) is 9.18 Å². The maximum atomic E-state index is 13.3. The summed E-state index contributed by atoms with van der Waals surface area (Å²) in [7, 11) is 0. The van der Waals surface area contributed by atoms with Gasteiger partial charge in [0, 0.05) is 37.6 Å². The zero-order chi connectivity index (χ0) is 18.6. The minimum absolute atomic E-state index is 0.158. The van der Waals surface area contributed by atoms with Gasteiger partial charge in [-0.05, 0) is 42.0 Å². The summed E-state index contributed by atoms with van der Waals surface area (Å²) in [6.45, 7) is 2.13. The zero-order valence-corrected chi connectivity index (χ0v) is 14.5. The highest BCUT2D eigenvalue weighted by atomic mass is 19.1. The molecule has 4 rings (SSSR count). The predicted molar refractivity (Wildman–Crippen MR) is 101 cm³/mol. The summed E-state index contributed by atoms with van der Waals surface area (Å²) >= 11 is 0. The first kappa shape index (κ1) is 17.3. The van der Waals surface area contributed by atoms with Crippen LogP contribution in [0.1, 0.15) is 0 Å². The first-order valence-electron chi connectivity index (χ1n) is 8.72. The van der Waals surface area contributed by atoms with E-state index in [0.717, 1.165) is 29.8 Å². The van der Waals surface area contributed by atoms with Crippen molar-refractivity contribution in [2.75, 3.05) is 25.0 Å². The first-order valence-corrected chi connectivity index (χ1v) is 8.72. The van der Waals surface area contributed by atoms with Crippen molar-refractivity contribution >= 4 is 11.7 Å². The van der Waals surface area contributed by atoms with Crippen molar-refractivity contribution in [3.05, 3.63) is 54.6 Å². The molecule has 1 fully saturated rings. The topological polar surface area (TPSA) is 94.7 Å². The second kappa shape index (κ2) is 7.65. The maximum Gasteiger partial charge on any atom is 0.244 e. The van der Waals surface area contributed by atoms with Gasteiger partial charge in [0.25, 0.3) is 0 Å². The Morgan fingerprint density at radius 2 is 1.85 bits per heavy atom. The van der Waals surface area contributed by atoms with Crippen molar-refractivity contribution in [3.63, 3.8) is 0 Å². The van der Waals surface area contributed by atoms with E-state index < -0.39 is 0 Å². The number of hydrogen-bond acceptors (Lipinski definition) is 5. The lowest BCUT2D eigenvalue weighted by atomic mass is 10.0. The Bertz CT molecular complexity index is 919. The van der Waals surface area contributed by atoms with Crippen LogP contribution in [-0.4, -0.2) is 46.8 Å². The minimum Gasteiger partial charge on any atom is -0.313 e. The summed E-state index contributed by atoms with van der Waals surface area (Å²) in [6.07, 6.45) is 3.35. The number of halogens is 1. The van der Waals surface area contributed by atoms with E-state index in [1.165, 1.54) is 12.1 Å². The van der Waals surface area contributed by atoms with Crippen LogP contribution in [0, 0.1) is 5.82 Å². The highest BCUT2D eigenvalue weighted by molar-refractivity contribution is 6.00. The summed E-state index contributed by atoms with van der Waals surface area (Å²) in [4.78, 5) is 16.7. The molecule has 0 radical (unpaired) electrons. The van der Waals surface area contributed by atoms with Gasteiger partial charge < -0.3 is 16.0 Å². The summed E-state index contributed by atoms with van der Waals surface area (Å²) in [5.41, 5.74) is 3.06. The van der Waals surface area contributed by atoms with Gasteiger partial charge in [0.05, 0.1) is 17.3 Å². The number of aromatic amines is 1. The Balaban J connectivity index is 1.71. The average molecular weight is 366 g/mol. The van der Waals surface area contributed by atoms with Gasteiger partial charge in [0.1, 0.15) is 5.82 Å². The van der Waals surface area contributed by atoms with Crippen molar-refractivity contribution in [1.82, 2.24) is 25.8 Å².